The lowest BCUT2D eigenvalue weighted by Gasteiger charge is -2.14. The molecule has 0 radical (unpaired) electrons. The van der Waals surface area contributed by atoms with Crippen LogP contribution in [0.5, 0.6) is 5.75 Å². The van der Waals surface area contributed by atoms with Crippen molar-refractivity contribution in [2.24, 2.45) is 4.99 Å². The maximum absolute atomic E-state index is 5.76. The Bertz CT molecular complexity index is 655. The molecule has 3 rings (SSSR count). The molecule has 2 aromatic rings. The first-order valence-corrected chi connectivity index (χ1v) is 8.90. The number of aryl methyl sites for hydroxylation is 1. The van der Waals surface area contributed by atoms with Crippen LogP contribution in [0.4, 0.5) is 5.69 Å². The SMILES string of the molecule is Cc1cccc(OCCSC2=Nc3ccccc3CS2)c1. The molecule has 0 aromatic heterocycles. The number of fused-ring (bicyclic) bond motifs is 1. The summed E-state index contributed by atoms with van der Waals surface area (Å²) >= 11 is 3.58. The van der Waals surface area contributed by atoms with Crippen LogP contribution < -0.4 is 4.74 Å². The maximum atomic E-state index is 5.76. The number of ether oxygens (including phenoxy) is 1. The number of rotatable bonds is 4. The van der Waals surface area contributed by atoms with E-state index >= 15 is 0 Å². The van der Waals surface area contributed by atoms with Crippen LogP contribution in [0.25, 0.3) is 0 Å². The van der Waals surface area contributed by atoms with Gasteiger partial charge in [-0.15, -0.1) is 0 Å². The summed E-state index contributed by atoms with van der Waals surface area (Å²) < 4.78 is 6.90. The molecular weight excluding hydrogens is 298 g/mol. The first kappa shape index (κ1) is 14.5. The molecule has 2 aromatic carbocycles. The van der Waals surface area contributed by atoms with Gasteiger partial charge in [0.1, 0.15) is 10.1 Å². The molecule has 0 saturated carbocycles. The molecule has 108 valence electrons. The predicted octanol–water partition coefficient (Wildman–Crippen LogP) is 5.04. The number of aliphatic imine (C=N–C) groups is 1. The zero-order valence-electron chi connectivity index (χ0n) is 11.9. The highest BCUT2D eigenvalue weighted by Gasteiger charge is 2.12. The molecule has 0 unspecified atom stereocenters. The largest absolute Gasteiger partial charge is 0.493 e. The van der Waals surface area contributed by atoms with Gasteiger partial charge in [-0.3, -0.25) is 0 Å². The van der Waals surface area contributed by atoms with Gasteiger partial charge in [-0.2, -0.15) is 0 Å². The summed E-state index contributed by atoms with van der Waals surface area (Å²) in [5.41, 5.74) is 3.66. The number of para-hydroxylation sites is 1. The van der Waals surface area contributed by atoms with Gasteiger partial charge in [-0.25, -0.2) is 4.99 Å². The van der Waals surface area contributed by atoms with Gasteiger partial charge >= 0.3 is 0 Å². The molecule has 0 fully saturated rings. The Labute approximate surface area is 134 Å². The number of thioether (sulfide) groups is 2. The van der Waals surface area contributed by atoms with E-state index < -0.39 is 0 Å². The second kappa shape index (κ2) is 7.05. The van der Waals surface area contributed by atoms with E-state index in [9.17, 15) is 0 Å². The Morgan fingerprint density at radius 3 is 3.00 bits per heavy atom. The molecule has 1 aliphatic heterocycles. The molecule has 0 amide bonds. The highest BCUT2D eigenvalue weighted by molar-refractivity contribution is 8.38. The van der Waals surface area contributed by atoms with Crippen LogP contribution in [0.2, 0.25) is 0 Å². The monoisotopic (exact) mass is 315 g/mol. The van der Waals surface area contributed by atoms with Crippen LogP contribution in [0, 0.1) is 6.92 Å². The van der Waals surface area contributed by atoms with Gasteiger partial charge in [0.2, 0.25) is 0 Å². The van der Waals surface area contributed by atoms with Crippen LogP contribution >= 0.6 is 23.5 Å². The molecule has 1 aliphatic rings. The molecule has 0 atom stereocenters. The van der Waals surface area contributed by atoms with E-state index in [2.05, 4.69) is 37.3 Å². The Kier molecular flexibility index (Phi) is 4.88. The smallest absolute Gasteiger partial charge is 0.131 e. The Balaban J connectivity index is 1.49. The third-order valence-electron chi connectivity index (χ3n) is 3.12. The van der Waals surface area contributed by atoms with Crippen molar-refractivity contribution >= 4 is 33.6 Å². The standard InChI is InChI=1S/C17H17NOS2/c1-13-5-4-7-15(11-13)19-9-10-20-17-18-16-8-3-2-6-14(16)12-21-17/h2-8,11H,9-10,12H2,1H3. The van der Waals surface area contributed by atoms with Crippen molar-refractivity contribution in [3.8, 4) is 5.75 Å². The average molecular weight is 315 g/mol. The fraction of sp³-hybridized carbons (Fsp3) is 0.235. The van der Waals surface area contributed by atoms with Crippen molar-refractivity contribution in [2.45, 2.75) is 12.7 Å². The number of hydrogen-bond donors (Lipinski definition) is 0. The highest BCUT2D eigenvalue weighted by atomic mass is 32.2. The van der Waals surface area contributed by atoms with Gasteiger partial charge < -0.3 is 4.74 Å². The van der Waals surface area contributed by atoms with E-state index in [1.807, 2.05) is 30.0 Å². The highest BCUT2D eigenvalue weighted by Crippen LogP contribution is 2.34. The van der Waals surface area contributed by atoms with Gasteiger partial charge in [0.25, 0.3) is 0 Å². The second-order valence-electron chi connectivity index (χ2n) is 4.81. The second-order valence-corrected chi connectivity index (χ2v) is 7.11. The zero-order valence-corrected chi connectivity index (χ0v) is 13.5. The minimum Gasteiger partial charge on any atom is -0.493 e. The van der Waals surface area contributed by atoms with Crippen LogP contribution in [-0.4, -0.2) is 16.7 Å². The van der Waals surface area contributed by atoms with E-state index in [4.69, 9.17) is 9.73 Å². The molecule has 1 heterocycles. The molecular formula is C17H17NOS2. The zero-order chi connectivity index (χ0) is 14.5. The van der Waals surface area contributed by atoms with Crippen molar-refractivity contribution < 1.29 is 4.74 Å². The van der Waals surface area contributed by atoms with Crippen molar-refractivity contribution in [3.05, 3.63) is 59.7 Å². The van der Waals surface area contributed by atoms with E-state index in [0.29, 0.717) is 6.61 Å². The third kappa shape index (κ3) is 4.05. The van der Waals surface area contributed by atoms with Gasteiger partial charge in [0.05, 0.1) is 12.3 Å². The summed E-state index contributed by atoms with van der Waals surface area (Å²) in [6.07, 6.45) is 0. The molecule has 0 bridgehead atoms. The van der Waals surface area contributed by atoms with Crippen LogP contribution in [0.3, 0.4) is 0 Å². The van der Waals surface area contributed by atoms with Crippen molar-refractivity contribution in [2.75, 3.05) is 12.4 Å². The fourth-order valence-electron chi connectivity index (χ4n) is 2.08. The number of hydrogen-bond acceptors (Lipinski definition) is 4. The predicted molar refractivity (Wildman–Crippen MR) is 94.0 cm³/mol. The Morgan fingerprint density at radius 2 is 2.10 bits per heavy atom. The maximum Gasteiger partial charge on any atom is 0.131 e. The summed E-state index contributed by atoms with van der Waals surface area (Å²) in [6.45, 7) is 2.78. The minimum absolute atomic E-state index is 0.704. The van der Waals surface area contributed by atoms with Crippen LogP contribution in [0.15, 0.2) is 53.5 Å². The van der Waals surface area contributed by atoms with Gasteiger partial charge in [-0.05, 0) is 36.2 Å². The summed E-state index contributed by atoms with van der Waals surface area (Å²) in [5.74, 6) is 2.88. The van der Waals surface area contributed by atoms with E-state index in [1.165, 1.54) is 11.1 Å². The molecule has 4 heteroatoms. The molecule has 0 aliphatic carbocycles. The van der Waals surface area contributed by atoms with Crippen LogP contribution in [0.1, 0.15) is 11.1 Å². The van der Waals surface area contributed by atoms with Gasteiger partial charge in [0, 0.05) is 11.5 Å². The topological polar surface area (TPSA) is 21.6 Å². The fourth-order valence-corrected chi connectivity index (χ4v) is 4.03. The summed E-state index contributed by atoms with van der Waals surface area (Å²) in [7, 11) is 0. The quantitative estimate of drug-likeness (QED) is 0.738. The van der Waals surface area contributed by atoms with Gasteiger partial charge in [0.15, 0.2) is 0 Å². The summed E-state index contributed by atoms with van der Waals surface area (Å²) in [5, 5.41) is 0. The van der Waals surface area contributed by atoms with Crippen molar-refractivity contribution in [3.63, 3.8) is 0 Å². The molecule has 2 nitrogen and oxygen atoms in total. The van der Waals surface area contributed by atoms with Crippen molar-refractivity contribution in [1.29, 1.82) is 0 Å². The van der Waals surface area contributed by atoms with Crippen LogP contribution in [-0.2, 0) is 5.75 Å². The average Bonchev–Trinajstić information content (AvgIpc) is 2.51. The lowest BCUT2D eigenvalue weighted by atomic mass is 10.2. The third-order valence-corrected chi connectivity index (χ3v) is 5.33. The normalized spacial score (nSPS) is 13.5. The molecule has 0 saturated heterocycles. The molecule has 0 spiro atoms. The van der Waals surface area contributed by atoms with Crippen molar-refractivity contribution in [1.82, 2.24) is 0 Å². The Hall–Kier alpha value is -1.39. The molecule has 0 N–H and O–H groups in total. The number of benzene rings is 2. The van der Waals surface area contributed by atoms with E-state index in [-0.39, 0.29) is 0 Å². The number of nitrogens with zero attached hydrogens (tertiary/aromatic N) is 1. The molecule has 21 heavy (non-hydrogen) atoms. The summed E-state index contributed by atoms with van der Waals surface area (Å²) in [6, 6.07) is 16.5. The van der Waals surface area contributed by atoms with Gasteiger partial charge in [-0.1, -0.05) is 53.9 Å². The lowest BCUT2D eigenvalue weighted by Crippen LogP contribution is -2.03. The van der Waals surface area contributed by atoms with E-state index in [0.717, 1.165) is 27.3 Å². The lowest BCUT2D eigenvalue weighted by molar-refractivity contribution is 0.344. The minimum atomic E-state index is 0.704. The first-order chi connectivity index (χ1) is 10.3. The Morgan fingerprint density at radius 1 is 1.19 bits per heavy atom. The first-order valence-electron chi connectivity index (χ1n) is 6.93. The van der Waals surface area contributed by atoms with E-state index in [1.54, 1.807) is 11.8 Å². The summed E-state index contributed by atoms with van der Waals surface area (Å²) in [4.78, 5) is 4.69.